The fraction of sp³-hybridized carbons (Fsp3) is 0.300. The number of amides is 1. The van der Waals surface area contributed by atoms with E-state index in [2.05, 4.69) is 26.4 Å². The van der Waals surface area contributed by atoms with Crippen LogP contribution < -0.4 is 5.32 Å². The van der Waals surface area contributed by atoms with E-state index in [-0.39, 0.29) is 11.8 Å². The van der Waals surface area contributed by atoms with E-state index in [0.29, 0.717) is 23.6 Å². The Kier molecular flexibility index (Phi) is 4.74. The van der Waals surface area contributed by atoms with Crippen LogP contribution in [-0.2, 0) is 14.9 Å². The number of hydrogen-bond acceptors (Lipinski definition) is 4. The van der Waals surface area contributed by atoms with Crippen molar-refractivity contribution in [1.29, 1.82) is 0 Å². The number of nitrogens with one attached hydrogen (secondary N) is 1. The summed E-state index contributed by atoms with van der Waals surface area (Å²) in [5.41, 5.74) is 2.26. The Labute approximate surface area is 170 Å². The van der Waals surface area contributed by atoms with Crippen LogP contribution in [0.25, 0.3) is 0 Å². The molecule has 2 N–H and O–H groups in total. The van der Waals surface area contributed by atoms with Crippen LogP contribution in [0.4, 0.5) is 5.69 Å². The molecule has 2 aromatic carbocycles. The van der Waals surface area contributed by atoms with Gasteiger partial charge in [-0.2, -0.15) is 0 Å². The molecule has 0 bridgehead atoms. The van der Waals surface area contributed by atoms with E-state index in [1.807, 2.05) is 36.4 Å². The highest BCUT2D eigenvalue weighted by molar-refractivity contribution is 9.10. The molecule has 2 aliphatic rings. The lowest BCUT2D eigenvalue weighted by atomic mass is 9.59. The Morgan fingerprint density at radius 2 is 2.11 bits per heavy atom. The number of carbonyl (C=O) groups is 1. The fourth-order valence-corrected chi connectivity index (χ4v) is 5.09. The molecule has 2 aromatic rings. The van der Waals surface area contributed by atoms with Gasteiger partial charge in [0, 0.05) is 34.6 Å². The van der Waals surface area contributed by atoms with Crippen LogP contribution in [0.2, 0.25) is 5.02 Å². The first-order chi connectivity index (χ1) is 13.0. The van der Waals surface area contributed by atoms with Crippen molar-refractivity contribution in [2.45, 2.75) is 30.3 Å². The maximum Gasteiger partial charge on any atom is 0.238 e. The number of ether oxygens (including phenoxy) is 1. The molecule has 0 aromatic heterocycles. The van der Waals surface area contributed by atoms with Gasteiger partial charge in [0.2, 0.25) is 5.91 Å². The summed E-state index contributed by atoms with van der Waals surface area (Å²) in [5.74, 6) is -0.382. The normalized spacial score (nSPS) is 28.4. The number of carbonyl (C=O) groups excluding carboxylic acids is 1. The molecule has 0 saturated heterocycles. The summed E-state index contributed by atoms with van der Waals surface area (Å²) >= 11 is 9.71. The Morgan fingerprint density at radius 3 is 2.81 bits per heavy atom. The number of fused-ring (bicyclic) bond motifs is 2. The summed E-state index contributed by atoms with van der Waals surface area (Å²) in [6, 6.07) is 13.3. The van der Waals surface area contributed by atoms with Gasteiger partial charge < -0.3 is 15.3 Å². The van der Waals surface area contributed by atoms with Gasteiger partial charge in [-0.25, -0.2) is 0 Å². The van der Waals surface area contributed by atoms with Gasteiger partial charge >= 0.3 is 0 Å². The predicted molar refractivity (Wildman–Crippen MR) is 108 cm³/mol. The standard InChI is InChI=1S/C20H18BrClN2O3/c1-27-18-10-14(24-26)9-16(11-3-2-4-13(22)7-11)20(18)15-6-5-12(21)8-17(15)23-19(20)25/h2-8,16,18,26H,9-10H2,1H3,(H,23,25)/b24-14+/t16-,18-,20+/m0/s1. The largest absolute Gasteiger partial charge is 0.411 e. The van der Waals surface area contributed by atoms with E-state index in [9.17, 15) is 10.0 Å². The van der Waals surface area contributed by atoms with Crippen molar-refractivity contribution in [1.82, 2.24) is 0 Å². The van der Waals surface area contributed by atoms with E-state index in [1.54, 1.807) is 13.2 Å². The van der Waals surface area contributed by atoms with Crippen LogP contribution in [0.5, 0.6) is 0 Å². The van der Waals surface area contributed by atoms with Crippen molar-refractivity contribution in [2.24, 2.45) is 5.16 Å². The van der Waals surface area contributed by atoms with E-state index < -0.39 is 11.5 Å². The summed E-state index contributed by atoms with van der Waals surface area (Å²) in [6.07, 6.45) is 0.357. The van der Waals surface area contributed by atoms with Gasteiger partial charge in [0.05, 0.1) is 11.8 Å². The summed E-state index contributed by atoms with van der Waals surface area (Å²) in [6.45, 7) is 0. The van der Waals surface area contributed by atoms with Gasteiger partial charge in [-0.05, 0) is 41.8 Å². The molecule has 1 fully saturated rings. The molecule has 140 valence electrons. The Bertz CT molecular complexity index is 949. The molecule has 1 saturated carbocycles. The van der Waals surface area contributed by atoms with Gasteiger partial charge in [-0.15, -0.1) is 0 Å². The topological polar surface area (TPSA) is 70.9 Å². The first kappa shape index (κ1) is 18.5. The van der Waals surface area contributed by atoms with Gasteiger partial charge in [0.25, 0.3) is 0 Å². The van der Waals surface area contributed by atoms with Crippen molar-refractivity contribution in [2.75, 3.05) is 12.4 Å². The van der Waals surface area contributed by atoms with Crippen molar-refractivity contribution in [3.05, 3.63) is 63.1 Å². The average Bonchev–Trinajstić information content (AvgIpc) is 2.94. The van der Waals surface area contributed by atoms with E-state index >= 15 is 0 Å². The lowest BCUT2D eigenvalue weighted by Gasteiger charge is -2.45. The number of oxime groups is 1. The van der Waals surface area contributed by atoms with E-state index in [0.717, 1.165) is 21.3 Å². The van der Waals surface area contributed by atoms with Crippen LogP contribution in [0.15, 0.2) is 52.1 Å². The van der Waals surface area contributed by atoms with Gasteiger partial charge in [-0.3, -0.25) is 4.79 Å². The second-order valence-electron chi connectivity index (χ2n) is 6.92. The van der Waals surface area contributed by atoms with Crippen LogP contribution in [0, 0.1) is 0 Å². The van der Waals surface area contributed by atoms with Crippen LogP contribution in [0.3, 0.4) is 0 Å². The molecule has 3 atom stereocenters. The minimum absolute atomic E-state index is 0.107. The third-order valence-electron chi connectivity index (χ3n) is 5.65. The zero-order chi connectivity index (χ0) is 19.2. The minimum Gasteiger partial charge on any atom is -0.411 e. The summed E-state index contributed by atoms with van der Waals surface area (Å²) < 4.78 is 6.69. The molecule has 1 aliphatic carbocycles. The zero-order valence-electron chi connectivity index (χ0n) is 14.6. The van der Waals surface area contributed by atoms with Gasteiger partial charge in [0.15, 0.2) is 0 Å². The molecule has 0 unspecified atom stereocenters. The number of anilines is 1. The molecule has 1 aliphatic heterocycles. The van der Waals surface area contributed by atoms with Crippen molar-refractivity contribution < 1.29 is 14.7 Å². The second-order valence-corrected chi connectivity index (χ2v) is 8.27. The molecular formula is C20H18BrClN2O3. The number of methoxy groups -OCH3 is 1. The van der Waals surface area contributed by atoms with E-state index in [1.165, 1.54) is 0 Å². The predicted octanol–water partition coefficient (Wildman–Crippen LogP) is 4.72. The van der Waals surface area contributed by atoms with Gasteiger partial charge in [-0.1, -0.05) is 50.9 Å². The molecule has 1 heterocycles. The van der Waals surface area contributed by atoms with Crippen molar-refractivity contribution >= 4 is 44.8 Å². The molecular weight excluding hydrogens is 432 g/mol. The van der Waals surface area contributed by atoms with Crippen molar-refractivity contribution in [3.63, 3.8) is 0 Å². The Balaban J connectivity index is 1.98. The first-order valence-electron chi connectivity index (χ1n) is 8.60. The lowest BCUT2D eigenvalue weighted by Crippen LogP contribution is -2.55. The number of hydrogen-bond donors (Lipinski definition) is 2. The van der Waals surface area contributed by atoms with E-state index in [4.69, 9.17) is 16.3 Å². The fourth-order valence-electron chi connectivity index (χ4n) is 4.53. The van der Waals surface area contributed by atoms with Crippen LogP contribution in [0.1, 0.15) is 29.9 Å². The highest BCUT2D eigenvalue weighted by Gasteiger charge is 2.60. The Hall–Kier alpha value is -1.89. The second kappa shape index (κ2) is 6.93. The highest BCUT2D eigenvalue weighted by atomic mass is 79.9. The van der Waals surface area contributed by atoms with Crippen LogP contribution in [-0.4, -0.2) is 30.0 Å². The Morgan fingerprint density at radius 1 is 1.30 bits per heavy atom. The summed E-state index contributed by atoms with van der Waals surface area (Å²) in [4.78, 5) is 13.4. The van der Waals surface area contributed by atoms with Crippen molar-refractivity contribution in [3.8, 4) is 0 Å². The number of halogens is 2. The molecule has 1 spiro atoms. The summed E-state index contributed by atoms with van der Waals surface area (Å²) in [7, 11) is 1.59. The number of benzene rings is 2. The summed E-state index contributed by atoms with van der Waals surface area (Å²) in [5, 5.41) is 16.5. The number of nitrogens with zero attached hydrogens (tertiary/aromatic N) is 1. The lowest BCUT2D eigenvalue weighted by molar-refractivity contribution is -0.128. The number of rotatable bonds is 2. The monoisotopic (exact) mass is 448 g/mol. The minimum atomic E-state index is -0.927. The molecule has 7 heteroatoms. The molecule has 5 nitrogen and oxygen atoms in total. The molecule has 1 amide bonds. The first-order valence-corrected chi connectivity index (χ1v) is 9.77. The third kappa shape index (κ3) is 2.78. The third-order valence-corrected chi connectivity index (χ3v) is 6.37. The molecule has 4 rings (SSSR count). The maximum atomic E-state index is 13.4. The smallest absolute Gasteiger partial charge is 0.238 e. The average molecular weight is 450 g/mol. The van der Waals surface area contributed by atoms with Crippen LogP contribution >= 0.6 is 27.5 Å². The highest BCUT2D eigenvalue weighted by Crippen LogP contribution is 2.55. The quantitative estimate of drug-likeness (QED) is 0.515. The zero-order valence-corrected chi connectivity index (χ0v) is 16.9. The SMILES string of the molecule is CO[C@H]1C/C(=N/O)C[C@@H](c2cccc(Cl)c2)[C@@]12C(=O)Nc1cc(Br)ccc12. The maximum absolute atomic E-state index is 13.4. The molecule has 27 heavy (non-hydrogen) atoms. The molecule has 0 radical (unpaired) electrons. The van der Waals surface area contributed by atoms with Gasteiger partial charge in [0.1, 0.15) is 5.41 Å².